The van der Waals surface area contributed by atoms with Crippen LogP contribution in [0.2, 0.25) is 0 Å². The third-order valence-electron chi connectivity index (χ3n) is 5.71. The smallest absolute Gasteiger partial charge is 0.155 e. The van der Waals surface area contributed by atoms with Crippen molar-refractivity contribution in [1.29, 1.82) is 0 Å². The van der Waals surface area contributed by atoms with E-state index in [9.17, 15) is 0 Å². The molecule has 0 N–H and O–H groups in total. The molecule has 0 spiro atoms. The van der Waals surface area contributed by atoms with Crippen molar-refractivity contribution in [3.8, 4) is 0 Å². The Bertz CT molecular complexity index is 1040. The molecule has 0 radical (unpaired) electrons. The Balaban J connectivity index is 1.42. The lowest BCUT2D eigenvalue weighted by Gasteiger charge is -2.09. The summed E-state index contributed by atoms with van der Waals surface area (Å²) in [5.41, 5.74) is 6.58. The first-order valence-corrected chi connectivity index (χ1v) is 9.88. The Morgan fingerprint density at radius 1 is 1.00 bits per heavy atom. The summed E-state index contributed by atoms with van der Waals surface area (Å²) in [4.78, 5) is 9.44. The van der Waals surface area contributed by atoms with Gasteiger partial charge in [-0.1, -0.05) is 49.2 Å². The zero-order valence-electron chi connectivity index (χ0n) is 15.6. The number of benzene rings is 2. The molecular weight excluding hydrogens is 334 g/mol. The number of nitrogens with zero attached hydrogens (tertiary/aromatic N) is 5. The van der Waals surface area contributed by atoms with Gasteiger partial charge in [0.25, 0.3) is 0 Å². The van der Waals surface area contributed by atoms with E-state index in [1.807, 2.05) is 0 Å². The summed E-state index contributed by atoms with van der Waals surface area (Å²) in [5, 5.41) is 8.82. The van der Waals surface area contributed by atoms with E-state index in [0.717, 1.165) is 40.1 Å². The fraction of sp³-hybridized carbons (Fsp3) is 0.364. The monoisotopic (exact) mass is 357 g/mol. The minimum absolute atomic E-state index is 0.500. The summed E-state index contributed by atoms with van der Waals surface area (Å²) in [5.74, 6) is 0.793. The van der Waals surface area contributed by atoms with Crippen molar-refractivity contribution in [2.24, 2.45) is 9.98 Å². The lowest BCUT2D eigenvalue weighted by atomic mass is 10.1. The van der Waals surface area contributed by atoms with Gasteiger partial charge in [0.1, 0.15) is 5.52 Å². The fourth-order valence-corrected chi connectivity index (χ4v) is 4.09. The Hall–Kier alpha value is -2.82. The highest BCUT2D eigenvalue weighted by Gasteiger charge is 2.21. The molecule has 3 aromatic rings. The second-order valence-corrected chi connectivity index (χ2v) is 7.42. The standard InChI is InChI=1S/C22H23N5/c1-2-15-7-9-16(10-8-15)20-14-23-22(24-20)17-11-12-21-19(13-17)25-26-27(21)18-5-3-4-6-18/h7-13,18H,2-6,14H2,1H3. The number of aryl methyl sites for hydroxylation is 1. The number of rotatable bonds is 4. The van der Waals surface area contributed by atoms with Gasteiger partial charge in [-0.3, -0.25) is 4.99 Å². The average Bonchev–Trinajstić information content (AvgIpc) is 3.47. The van der Waals surface area contributed by atoms with E-state index in [0.29, 0.717) is 12.6 Å². The normalized spacial score (nSPS) is 17.5. The van der Waals surface area contributed by atoms with Crippen molar-refractivity contribution < 1.29 is 0 Å². The first kappa shape index (κ1) is 16.4. The topological polar surface area (TPSA) is 55.4 Å². The van der Waals surface area contributed by atoms with Crippen molar-refractivity contribution in [2.45, 2.75) is 45.1 Å². The van der Waals surface area contributed by atoms with Gasteiger partial charge < -0.3 is 0 Å². The van der Waals surface area contributed by atoms with E-state index >= 15 is 0 Å². The summed E-state index contributed by atoms with van der Waals surface area (Å²) >= 11 is 0. The van der Waals surface area contributed by atoms with Gasteiger partial charge in [0.2, 0.25) is 0 Å². The van der Waals surface area contributed by atoms with Crippen LogP contribution in [0.4, 0.5) is 0 Å². The number of hydrogen-bond donors (Lipinski definition) is 0. The Morgan fingerprint density at radius 3 is 2.56 bits per heavy atom. The lowest BCUT2D eigenvalue weighted by Crippen LogP contribution is -2.06. The Morgan fingerprint density at radius 2 is 1.78 bits per heavy atom. The van der Waals surface area contributed by atoms with Crippen LogP contribution in [0.3, 0.4) is 0 Å². The maximum absolute atomic E-state index is 4.79. The predicted octanol–water partition coefficient (Wildman–Crippen LogP) is 4.36. The molecule has 2 aromatic carbocycles. The van der Waals surface area contributed by atoms with Gasteiger partial charge in [0, 0.05) is 5.56 Å². The molecule has 27 heavy (non-hydrogen) atoms. The fourth-order valence-electron chi connectivity index (χ4n) is 4.09. The minimum atomic E-state index is 0.500. The molecule has 5 nitrogen and oxygen atoms in total. The third-order valence-corrected chi connectivity index (χ3v) is 5.71. The molecule has 5 rings (SSSR count). The van der Waals surface area contributed by atoms with Gasteiger partial charge in [0.05, 0.1) is 23.8 Å². The highest BCUT2D eigenvalue weighted by Crippen LogP contribution is 2.31. The third kappa shape index (κ3) is 2.97. The minimum Gasteiger partial charge on any atom is -0.260 e. The molecule has 2 aliphatic rings. The second-order valence-electron chi connectivity index (χ2n) is 7.42. The maximum Gasteiger partial charge on any atom is 0.155 e. The van der Waals surface area contributed by atoms with Crippen molar-refractivity contribution >= 4 is 22.6 Å². The highest BCUT2D eigenvalue weighted by molar-refractivity contribution is 6.17. The molecule has 0 saturated heterocycles. The molecule has 0 unspecified atom stereocenters. The number of hydrogen-bond acceptors (Lipinski definition) is 4. The first-order valence-electron chi connectivity index (χ1n) is 9.88. The van der Waals surface area contributed by atoms with Gasteiger partial charge >= 0.3 is 0 Å². The Kier molecular flexibility index (Phi) is 4.07. The molecule has 0 bridgehead atoms. The lowest BCUT2D eigenvalue weighted by molar-refractivity contribution is 0.467. The molecule has 1 saturated carbocycles. The van der Waals surface area contributed by atoms with E-state index in [1.165, 1.54) is 31.2 Å². The van der Waals surface area contributed by atoms with Crippen LogP contribution >= 0.6 is 0 Å². The number of amidine groups is 1. The molecule has 136 valence electrons. The van der Waals surface area contributed by atoms with E-state index in [4.69, 9.17) is 4.99 Å². The van der Waals surface area contributed by atoms with Gasteiger partial charge in [-0.05, 0) is 48.6 Å². The van der Waals surface area contributed by atoms with E-state index in [-0.39, 0.29) is 0 Å². The maximum atomic E-state index is 4.79. The van der Waals surface area contributed by atoms with Crippen LogP contribution in [0.5, 0.6) is 0 Å². The summed E-state index contributed by atoms with van der Waals surface area (Å²) < 4.78 is 2.10. The quantitative estimate of drug-likeness (QED) is 0.697. The highest BCUT2D eigenvalue weighted by atomic mass is 15.4. The summed E-state index contributed by atoms with van der Waals surface area (Å²) in [6.45, 7) is 2.80. The number of aliphatic imine (C=N–C) groups is 2. The molecule has 0 amide bonds. The molecular formula is C22H23N5. The zero-order chi connectivity index (χ0) is 18.2. The SMILES string of the molecule is CCc1ccc(C2=NC(c3ccc4c(c3)nnn4C3CCCC3)=NC2)cc1. The number of aromatic nitrogens is 3. The van der Waals surface area contributed by atoms with Gasteiger partial charge in [-0.2, -0.15) is 0 Å². The summed E-state index contributed by atoms with van der Waals surface area (Å²) in [7, 11) is 0. The van der Waals surface area contributed by atoms with Crippen LogP contribution in [-0.2, 0) is 6.42 Å². The number of fused-ring (bicyclic) bond motifs is 1. The van der Waals surface area contributed by atoms with Crippen LogP contribution in [0.25, 0.3) is 11.0 Å². The first-order chi connectivity index (χ1) is 13.3. The molecule has 1 aromatic heterocycles. The molecule has 1 aliphatic heterocycles. The van der Waals surface area contributed by atoms with E-state index in [2.05, 4.69) is 69.4 Å². The summed E-state index contributed by atoms with van der Waals surface area (Å²) in [6.07, 6.45) is 6.04. The molecule has 2 heterocycles. The van der Waals surface area contributed by atoms with Gasteiger partial charge in [-0.25, -0.2) is 9.67 Å². The molecule has 1 fully saturated rings. The van der Waals surface area contributed by atoms with Crippen molar-refractivity contribution in [1.82, 2.24) is 15.0 Å². The predicted molar refractivity (Wildman–Crippen MR) is 109 cm³/mol. The summed E-state index contributed by atoms with van der Waals surface area (Å²) in [6, 6.07) is 15.4. The van der Waals surface area contributed by atoms with Crippen molar-refractivity contribution in [2.75, 3.05) is 6.54 Å². The van der Waals surface area contributed by atoms with Gasteiger partial charge in [0.15, 0.2) is 5.84 Å². The molecule has 1 aliphatic carbocycles. The van der Waals surface area contributed by atoms with Crippen molar-refractivity contribution in [3.63, 3.8) is 0 Å². The van der Waals surface area contributed by atoms with E-state index < -0.39 is 0 Å². The average molecular weight is 357 g/mol. The molecule has 0 atom stereocenters. The zero-order valence-corrected chi connectivity index (χ0v) is 15.6. The Labute approximate surface area is 158 Å². The van der Waals surface area contributed by atoms with Crippen LogP contribution in [0, 0.1) is 0 Å². The largest absolute Gasteiger partial charge is 0.260 e. The van der Waals surface area contributed by atoms with Gasteiger partial charge in [-0.15, -0.1) is 5.10 Å². The van der Waals surface area contributed by atoms with Crippen LogP contribution in [0.15, 0.2) is 52.4 Å². The van der Waals surface area contributed by atoms with E-state index in [1.54, 1.807) is 0 Å². The van der Waals surface area contributed by atoms with Crippen LogP contribution in [-0.4, -0.2) is 33.1 Å². The van der Waals surface area contributed by atoms with Crippen molar-refractivity contribution in [3.05, 3.63) is 59.2 Å². The van der Waals surface area contributed by atoms with Crippen LogP contribution in [0.1, 0.15) is 55.3 Å². The van der Waals surface area contributed by atoms with Crippen LogP contribution < -0.4 is 0 Å². The second kappa shape index (κ2) is 6.72. The molecule has 5 heteroatoms.